The topological polar surface area (TPSA) is 75.3 Å². The Labute approximate surface area is 134 Å². The van der Waals surface area contributed by atoms with Crippen molar-refractivity contribution in [3.63, 3.8) is 0 Å². The van der Waals surface area contributed by atoms with Crippen LogP contribution in [-0.4, -0.2) is 14.3 Å². The summed E-state index contributed by atoms with van der Waals surface area (Å²) < 4.78 is 38.3. The number of hydrogen-bond donors (Lipinski definition) is 2. The highest BCUT2D eigenvalue weighted by Crippen LogP contribution is 2.21. The van der Waals surface area contributed by atoms with Crippen LogP contribution in [0, 0.1) is 26.6 Å². The maximum Gasteiger partial charge on any atom is 0.269 e. The summed E-state index contributed by atoms with van der Waals surface area (Å²) in [6.07, 6.45) is 0. The van der Waals surface area contributed by atoms with Crippen molar-refractivity contribution < 1.29 is 17.6 Å². The lowest BCUT2D eigenvalue weighted by molar-refractivity contribution is 0.0941. The average Bonchev–Trinajstić information content (AvgIpc) is 2.44. The van der Waals surface area contributed by atoms with Crippen molar-refractivity contribution in [1.82, 2.24) is 10.3 Å². The molecule has 0 bridgehead atoms. The van der Waals surface area contributed by atoms with Crippen molar-refractivity contribution in [2.24, 2.45) is 0 Å². The summed E-state index contributed by atoms with van der Waals surface area (Å²) in [6, 6.07) is 8.79. The Kier molecular flexibility index (Phi) is 4.82. The molecule has 0 saturated heterocycles. The first kappa shape index (κ1) is 17.1. The standard InChI is InChI=1S/C16H17FN2O3S/c1-10-8-11(2)15(12(3)9-10)23(21,22)19-18-16(20)13-6-4-5-7-14(13)17/h4-9,19H,1-3H3,(H,18,20). The van der Waals surface area contributed by atoms with E-state index in [1.165, 1.54) is 18.2 Å². The van der Waals surface area contributed by atoms with Crippen LogP contribution in [-0.2, 0) is 10.0 Å². The van der Waals surface area contributed by atoms with Crippen molar-refractivity contribution in [2.75, 3.05) is 0 Å². The van der Waals surface area contributed by atoms with Crippen molar-refractivity contribution >= 4 is 15.9 Å². The molecule has 0 unspecified atom stereocenters. The predicted octanol–water partition coefficient (Wildman–Crippen LogP) is 2.37. The molecule has 2 rings (SSSR count). The molecule has 2 N–H and O–H groups in total. The normalized spacial score (nSPS) is 11.3. The van der Waals surface area contributed by atoms with Gasteiger partial charge in [0.15, 0.2) is 0 Å². The molecule has 0 saturated carbocycles. The Morgan fingerprint density at radius 2 is 1.61 bits per heavy atom. The molecular weight excluding hydrogens is 319 g/mol. The first-order chi connectivity index (χ1) is 10.7. The highest BCUT2D eigenvalue weighted by atomic mass is 32.2. The number of amides is 1. The quantitative estimate of drug-likeness (QED) is 0.842. The number of hydrazine groups is 1. The third kappa shape index (κ3) is 3.75. The third-order valence-corrected chi connectivity index (χ3v) is 4.84. The van der Waals surface area contributed by atoms with E-state index in [-0.39, 0.29) is 10.5 Å². The molecule has 0 fully saturated rings. The predicted molar refractivity (Wildman–Crippen MR) is 84.8 cm³/mol. The molecule has 7 heteroatoms. The van der Waals surface area contributed by atoms with Crippen LogP contribution in [0.3, 0.4) is 0 Å². The number of nitrogens with one attached hydrogen (secondary N) is 2. The van der Waals surface area contributed by atoms with E-state index in [1.807, 2.05) is 17.2 Å². The van der Waals surface area contributed by atoms with Gasteiger partial charge < -0.3 is 0 Å². The summed E-state index contributed by atoms with van der Waals surface area (Å²) in [5.74, 6) is -1.60. The summed E-state index contributed by atoms with van der Waals surface area (Å²) >= 11 is 0. The van der Waals surface area contributed by atoms with Crippen LogP contribution in [0.5, 0.6) is 0 Å². The van der Waals surface area contributed by atoms with E-state index >= 15 is 0 Å². The third-order valence-electron chi connectivity index (χ3n) is 3.29. The van der Waals surface area contributed by atoms with E-state index in [4.69, 9.17) is 0 Å². The zero-order valence-corrected chi connectivity index (χ0v) is 13.8. The number of sulfonamides is 1. The van der Waals surface area contributed by atoms with Crippen LogP contribution < -0.4 is 10.3 Å². The second kappa shape index (κ2) is 6.47. The average molecular weight is 336 g/mol. The van der Waals surface area contributed by atoms with Gasteiger partial charge in [0.2, 0.25) is 0 Å². The molecule has 0 aliphatic rings. The smallest absolute Gasteiger partial charge is 0.269 e. The summed E-state index contributed by atoms with van der Waals surface area (Å²) in [5.41, 5.74) is 3.86. The lowest BCUT2D eigenvalue weighted by Crippen LogP contribution is -2.42. The van der Waals surface area contributed by atoms with Crippen LogP contribution in [0.2, 0.25) is 0 Å². The van der Waals surface area contributed by atoms with Gasteiger partial charge >= 0.3 is 0 Å². The zero-order chi connectivity index (χ0) is 17.2. The molecule has 2 aromatic rings. The summed E-state index contributed by atoms with van der Waals surface area (Å²) in [6.45, 7) is 5.21. The van der Waals surface area contributed by atoms with Crippen molar-refractivity contribution in [2.45, 2.75) is 25.7 Å². The Morgan fingerprint density at radius 1 is 1.04 bits per heavy atom. The molecular formula is C16H17FN2O3S. The van der Waals surface area contributed by atoms with E-state index in [0.29, 0.717) is 11.1 Å². The van der Waals surface area contributed by atoms with Gasteiger partial charge in [-0.2, -0.15) is 0 Å². The largest absolute Gasteiger partial charge is 0.273 e. The molecule has 0 aromatic heterocycles. The number of benzene rings is 2. The zero-order valence-electron chi connectivity index (χ0n) is 13.0. The monoisotopic (exact) mass is 336 g/mol. The molecule has 0 aliphatic carbocycles. The highest BCUT2D eigenvalue weighted by Gasteiger charge is 2.21. The molecule has 5 nitrogen and oxygen atoms in total. The molecule has 0 radical (unpaired) electrons. The van der Waals surface area contributed by atoms with Gasteiger partial charge in [-0.05, 0) is 44.0 Å². The van der Waals surface area contributed by atoms with E-state index < -0.39 is 21.7 Å². The van der Waals surface area contributed by atoms with E-state index in [2.05, 4.69) is 0 Å². The van der Waals surface area contributed by atoms with Gasteiger partial charge in [0.1, 0.15) is 5.82 Å². The van der Waals surface area contributed by atoms with Crippen LogP contribution in [0.25, 0.3) is 0 Å². The second-order valence-electron chi connectivity index (χ2n) is 5.27. The van der Waals surface area contributed by atoms with Gasteiger partial charge in [0, 0.05) is 0 Å². The molecule has 23 heavy (non-hydrogen) atoms. The van der Waals surface area contributed by atoms with E-state index in [0.717, 1.165) is 11.6 Å². The fourth-order valence-corrected chi connectivity index (χ4v) is 3.76. The number of carbonyl (C=O) groups is 1. The summed E-state index contributed by atoms with van der Waals surface area (Å²) in [4.78, 5) is 14.0. The lowest BCUT2D eigenvalue weighted by Gasteiger charge is -2.13. The van der Waals surface area contributed by atoms with E-state index in [1.54, 1.807) is 26.0 Å². The molecule has 1 amide bonds. The van der Waals surface area contributed by atoms with Gasteiger partial charge in [-0.25, -0.2) is 12.8 Å². The number of halogens is 1. The summed E-state index contributed by atoms with van der Waals surface area (Å²) in [5, 5.41) is 0. The molecule has 122 valence electrons. The Hall–Kier alpha value is -2.25. The number of carbonyl (C=O) groups excluding carboxylic acids is 1. The van der Waals surface area contributed by atoms with Gasteiger partial charge in [0.25, 0.3) is 15.9 Å². The van der Waals surface area contributed by atoms with Crippen molar-refractivity contribution in [1.29, 1.82) is 0 Å². The minimum atomic E-state index is -3.96. The Balaban J connectivity index is 2.23. The maximum atomic E-state index is 13.5. The highest BCUT2D eigenvalue weighted by molar-refractivity contribution is 7.89. The van der Waals surface area contributed by atoms with Gasteiger partial charge in [-0.1, -0.05) is 29.8 Å². The molecule has 0 heterocycles. The number of hydrogen-bond acceptors (Lipinski definition) is 3. The first-order valence-corrected chi connectivity index (χ1v) is 8.35. The minimum absolute atomic E-state index is 0.0944. The molecule has 0 aliphatic heterocycles. The van der Waals surface area contributed by atoms with Crippen LogP contribution >= 0.6 is 0 Å². The molecule has 0 spiro atoms. The fourth-order valence-electron chi connectivity index (χ4n) is 2.47. The lowest BCUT2D eigenvalue weighted by atomic mass is 10.1. The van der Waals surface area contributed by atoms with Crippen LogP contribution in [0.15, 0.2) is 41.3 Å². The Bertz CT molecular complexity index is 840. The van der Waals surface area contributed by atoms with Crippen molar-refractivity contribution in [3.8, 4) is 0 Å². The van der Waals surface area contributed by atoms with Crippen molar-refractivity contribution in [3.05, 3.63) is 64.5 Å². The number of aryl methyl sites for hydroxylation is 3. The SMILES string of the molecule is Cc1cc(C)c(S(=O)(=O)NNC(=O)c2ccccc2F)c(C)c1. The maximum absolute atomic E-state index is 13.5. The summed E-state index contributed by atoms with van der Waals surface area (Å²) in [7, 11) is -3.96. The van der Waals surface area contributed by atoms with Gasteiger partial charge in [-0.3, -0.25) is 10.2 Å². The van der Waals surface area contributed by atoms with E-state index in [9.17, 15) is 17.6 Å². The fraction of sp³-hybridized carbons (Fsp3) is 0.188. The van der Waals surface area contributed by atoms with Crippen LogP contribution in [0.4, 0.5) is 4.39 Å². The molecule has 2 aromatic carbocycles. The van der Waals surface area contributed by atoms with Gasteiger partial charge in [-0.15, -0.1) is 4.83 Å². The Morgan fingerprint density at radius 3 is 2.17 bits per heavy atom. The minimum Gasteiger partial charge on any atom is -0.273 e. The van der Waals surface area contributed by atoms with Gasteiger partial charge in [0.05, 0.1) is 10.5 Å². The number of rotatable bonds is 4. The van der Waals surface area contributed by atoms with Crippen LogP contribution in [0.1, 0.15) is 27.0 Å². The molecule has 0 atom stereocenters. The first-order valence-electron chi connectivity index (χ1n) is 6.87. The second-order valence-corrected chi connectivity index (χ2v) is 6.89.